The summed E-state index contributed by atoms with van der Waals surface area (Å²) >= 11 is 1.07. The molecule has 0 aliphatic carbocycles. The molecule has 3 amide bonds. The molecule has 144 valence electrons. The zero-order chi connectivity index (χ0) is 19.8. The molecule has 0 radical (unpaired) electrons. The Balaban J connectivity index is 2.16. The fraction of sp³-hybridized carbons (Fsp3) is 0.444. The highest BCUT2D eigenvalue weighted by Crippen LogP contribution is 2.55. The third-order valence-corrected chi connectivity index (χ3v) is 5.47. The van der Waals surface area contributed by atoms with Gasteiger partial charge in [-0.3, -0.25) is 14.4 Å². The number of amidine groups is 1. The number of hydrogen-bond acceptors (Lipinski definition) is 6. The number of hydrazone groups is 1. The van der Waals surface area contributed by atoms with E-state index in [9.17, 15) is 14.4 Å². The maximum absolute atomic E-state index is 13.5. The Kier molecular flexibility index (Phi) is 5.14. The molecule has 9 heteroatoms. The molecule has 0 saturated heterocycles. The van der Waals surface area contributed by atoms with Crippen LogP contribution in [-0.4, -0.2) is 41.0 Å². The number of nitrogens with zero attached hydrogens (tertiary/aromatic N) is 3. The maximum atomic E-state index is 13.5. The normalized spacial score (nSPS) is 20.7. The number of amides is 3. The van der Waals surface area contributed by atoms with Crippen LogP contribution in [0.2, 0.25) is 0 Å². The second-order valence-corrected chi connectivity index (χ2v) is 7.41. The van der Waals surface area contributed by atoms with Gasteiger partial charge in [-0.1, -0.05) is 6.92 Å². The van der Waals surface area contributed by atoms with Crippen molar-refractivity contribution in [3.63, 3.8) is 0 Å². The van der Waals surface area contributed by atoms with Crippen LogP contribution in [0.1, 0.15) is 39.7 Å². The summed E-state index contributed by atoms with van der Waals surface area (Å²) in [6, 6.07) is 5.42. The number of thioether (sulfide) groups is 1. The van der Waals surface area contributed by atoms with Gasteiger partial charge in [-0.15, -0.1) is 5.10 Å². The minimum absolute atomic E-state index is 0.220. The molecule has 0 aromatic heterocycles. The Labute approximate surface area is 161 Å². The van der Waals surface area contributed by atoms with Gasteiger partial charge < -0.3 is 15.0 Å². The smallest absolute Gasteiger partial charge is 0.270 e. The molecule has 3 rings (SSSR count). The van der Waals surface area contributed by atoms with Crippen LogP contribution in [0.25, 0.3) is 0 Å². The van der Waals surface area contributed by atoms with Crippen LogP contribution >= 0.6 is 11.8 Å². The number of fused-ring (bicyclic) bond motifs is 2. The molecule has 27 heavy (non-hydrogen) atoms. The van der Waals surface area contributed by atoms with Crippen molar-refractivity contribution in [2.45, 2.75) is 39.0 Å². The van der Waals surface area contributed by atoms with Crippen LogP contribution in [0, 0.1) is 0 Å². The molecule has 1 unspecified atom stereocenters. The molecule has 1 aromatic carbocycles. The van der Waals surface area contributed by atoms with E-state index in [2.05, 4.69) is 10.4 Å². The fourth-order valence-electron chi connectivity index (χ4n) is 3.29. The molecule has 0 fully saturated rings. The Morgan fingerprint density at radius 3 is 2.63 bits per heavy atom. The van der Waals surface area contributed by atoms with Gasteiger partial charge in [0.1, 0.15) is 5.75 Å². The van der Waals surface area contributed by atoms with Crippen LogP contribution in [-0.2, 0) is 19.3 Å². The van der Waals surface area contributed by atoms with Crippen molar-refractivity contribution in [2.75, 3.05) is 18.1 Å². The molecule has 1 atom stereocenters. The maximum Gasteiger partial charge on any atom is 0.270 e. The summed E-state index contributed by atoms with van der Waals surface area (Å²) in [7, 11) is 0. The van der Waals surface area contributed by atoms with Gasteiger partial charge in [0.15, 0.2) is 5.17 Å². The Morgan fingerprint density at radius 2 is 2.04 bits per heavy atom. The van der Waals surface area contributed by atoms with Crippen molar-refractivity contribution in [3.8, 4) is 5.75 Å². The fourth-order valence-corrected chi connectivity index (χ4v) is 4.62. The summed E-state index contributed by atoms with van der Waals surface area (Å²) in [5.41, 5.74) is 1.36. The standard InChI is InChI=1S/C18H22N4O4S/c1-5-9-21-15-8-7-13(26-6-2)10-14(15)18(16(21)25)22(12(4)24)20-17(27-18)19-11(3)23/h7-8,10H,5-6,9H2,1-4H3,(H,19,20,23). The number of carbonyl (C=O) groups excluding carboxylic acids is 3. The quantitative estimate of drug-likeness (QED) is 0.849. The predicted molar refractivity (Wildman–Crippen MR) is 103 cm³/mol. The number of carbonyl (C=O) groups is 3. The molecular formula is C18H22N4O4S. The highest BCUT2D eigenvalue weighted by atomic mass is 32.2. The Hall–Kier alpha value is -2.55. The zero-order valence-electron chi connectivity index (χ0n) is 15.7. The first-order chi connectivity index (χ1) is 12.8. The third-order valence-electron chi connectivity index (χ3n) is 4.23. The van der Waals surface area contributed by atoms with Gasteiger partial charge in [0.05, 0.1) is 12.3 Å². The topological polar surface area (TPSA) is 91.3 Å². The van der Waals surface area contributed by atoms with Gasteiger partial charge in [0, 0.05) is 26.0 Å². The van der Waals surface area contributed by atoms with Crippen molar-refractivity contribution >= 4 is 40.3 Å². The molecule has 1 aromatic rings. The van der Waals surface area contributed by atoms with Crippen LogP contribution in [0.3, 0.4) is 0 Å². The first kappa shape index (κ1) is 19.2. The second-order valence-electron chi connectivity index (χ2n) is 6.23. The number of rotatable bonds is 4. The zero-order valence-corrected chi connectivity index (χ0v) is 16.6. The second kappa shape index (κ2) is 7.22. The number of ether oxygens (including phenoxy) is 1. The molecule has 2 aliphatic heterocycles. The monoisotopic (exact) mass is 390 g/mol. The molecule has 2 heterocycles. The first-order valence-electron chi connectivity index (χ1n) is 8.80. The minimum Gasteiger partial charge on any atom is -0.494 e. The summed E-state index contributed by atoms with van der Waals surface area (Å²) in [5.74, 6) is -0.348. The van der Waals surface area contributed by atoms with Gasteiger partial charge in [-0.05, 0) is 43.3 Å². The van der Waals surface area contributed by atoms with E-state index < -0.39 is 4.87 Å². The summed E-state index contributed by atoms with van der Waals surface area (Å²) in [6.45, 7) is 7.56. The van der Waals surface area contributed by atoms with Crippen molar-refractivity contribution in [3.05, 3.63) is 23.8 Å². The summed E-state index contributed by atoms with van der Waals surface area (Å²) in [4.78, 5) is 37.6. The van der Waals surface area contributed by atoms with Crippen molar-refractivity contribution in [1.29, 1.82) is 0 Å². The average Bonchev–Trinajstić information content (AvgIpc) is 3.08. The molecule has 0 bridgehead atoms. The molecular weight excluding hydrogens is 368 g/mol. The molecule has 1 spiro atoms. The summed E-state index contributed by atoms with van der Waals surface area (Å²) in [5, 5.41) is 8.20. The highest BCUT2D eigenvalue weighted by Gasteiger charge is 2.61. The highest BCUT2D eigenvalue weighted by molar-refractivity contribution is 8.15. The van der Waals surface area contributed by atoms with E-state index in [0.29, 0.717) is 24.5 Å². The Morgan fingerprint density at radius 1 is 1.30 bits per heavy atom. The van der Waals surface area contributed by atoms with Gasteiger partial charge in [0.2, 0.25) is 16.7 Å². The molecule has 8 nitrogen and oxygen atoms in total. The van der Waals surface area contributed by atoms with Crippen LogP contribution in [0.15, 0.2) is 23.3 Å². The van der Waals surface area contributed by atoms with E-state index in [0.717, 1.165) is 28.9 Å². The van der Waals surface area contributed by atoms with Crippen molar-refractivity contribution in [2.24, 2.45) is 5.10 Å². The largest absolute Gasteiger partial charge is 0.494 e. The number of anilines is 1. The number of hydrogen-bond donors (Lipinski definition) is 1. The van der Waals surface area contributed by atoms with E-state index in [-0.39, 0.29) is 22.9 Å². The van der Waals surface area contributed by atoms with E-state index in [1.54, 1.807) is 11.0 Å². The van der Waals surface area contributed by atoms with E-state index >= 15 is 0 Å². The van der Waals surface area contributed by atoms with E-state index in [4.69, 9.17) is 4.74 Å². The summed E-state index contributed by atoms with van der Waals surface area (Å²) in [6.07, 6.45) is 0.763. The molecule has 2 aliphatic rings. The van der Waals surface area contributed by atoms with Crippen molar-refractivity contribution < 1.29 is 19.1 Å². The van der Waals surface area contributed by atoms with Gasteiger partial charge in [0.25, 0.3) is 5.91 Å². The van der Waals surface area contributed by atoms with Gasteiger partial charge >= 0.3 is 0 Å². The predicted octanol–water partition coefficient (Wildman–Crippen LogP) is 2.00. The lowest BCUT2D eigenvalue weighted by Crippen LogP contribution is -2.48. The number of nitrogens with one attached hydrogen (secondary N) is 1. The minimum atomic E-state index is -1.37. The number of benzene rings is 1. The summed E-state index contributed by atoms with van der Waals surface area (Å²) < 4.78 is 5.60. The lowest BCUT2D eigenvalue weighted by atomic mass is 10.1. The molecule has 1 N–H and O–H groups in total. The van der Waals surface area contributed by atoms with Gasteiger partial charge in [-0.25, -0.2) is 0 Å². The average molecular weight is 390 g/mol. The lowest BCUT2D eigenvalue weighted by molar-refractivity contribution is -0.139. The van der Waals surface area contributed by atoms with Crippen molar-refractivity contribution in [1.82, 2.24) is 10.3 Å². The molecule has 0 saturated carbocycles. The first-order valence-corrected chi connectivity index (χ1v) is 9.62. The third kappa shape index (κ3) is 3.05. The SMILES string of the molecule is CCCN1C(=O)C2(SC(NC(C)=O)=NN2C(C)=O)c2cc(OCC)ccc21. The van der Waals surface area contributed by atoms with Crippen LogP contribution in [0.5, 0.6) is 5.75 Å². The lowest BCUT2D eigenvalue weighted by Gasteiger charge is -2.29. The Bertz CT molecular complexity index is 841. The van der Waals surface area contributed by atoms with Crippen LogP contribution < -0.4 is 15.0 Å². The van der Waals surface area contributed by atoms with Gasteiger partial charge in [-0.2, -0.15) is 5.01 Å². The van der Waals surface area contributed by atoms with Crippen LogP contribution in [0.4, 0.5) is 5.69 Å². The van der Waals surface area contributed by atoms with E-state index in [1.165, 1.54) is 13.8 Å². The van der Waals surface area contributed by atoms with E-state index in [1.807, 2.05) is 26.0 Å².